The molecule has 0 saturated carbocycles. The fourth-order valence-electron chi connectivity index (χ4n) is 1.55. The van der Waals surface area contributed by atoms with Crippen molar-refractivity contribution in [3.05, 3.63) is 12.2 Å². The minimum atomic E-state index is 0.140. The molecule has 0 radical (unpaired) electrons. The van der Waals surface area contributed by atoms with Gasteiger partial charge >= 0.3 is 0 Å². The first kappa shape index (κ1) is 12.6. The van der Waals surface area contributed by atoms with E-state index in [9.17, 15) is 0 Å². The molecule has 0 aromatic heterocycles. The van der Waals surface area contributed by atoms with Gasteiger partial charge in [0.15, 0.2) is 0 Å². The predicted molar refractivity (Wildman–Crippen MR) is 56.2 cm³/mol. The number of hydrogen-bond donors (Lipinski definition) is 2. The Hall–Kier alpha value is -0.380. The molecule has 3 N–H and O–H groups in total. The van der Waals surface area contributed by atoms with Crippen LogP contribution in [0.4, 0.5) is 0 Å². The van der Waals surface area contributed by atoms with Gasteiger partial charge in [-0.2, -0.15) is 0 Å². The predicted octanol–water partition coefficient (Wildman–Crippen LogP) is 1.46. The molecule has 0 aliphatic carbocycles. The average molecular weight is 186 g/mol. The molecule has 3 heteroatoms. The summed E-state index contributed by atoms with van der Waals surface area (Å²) in [5.41, 5.74) is 3.90. The van der Waals surface area contributed by atoms with Gasteiger partial charge in [-0.1, -0.05) is 19.4 Å². The van der Waals surface area contributed by atoms with Crippen molar-refractivity contribution in [3.8, 4) is 0 Å². The fourth-order valence-corrected chi connectivity index (χ4v) is 1.55. The van der Waals surface area contributed by atoms with Crippen LogP contribution >= 0.6 is 0 Å². The van der Waals surface area contributed by atoms with Gasteiger partial charge in [-0.05, 0) is 19.3 Å². The van der Waals surface area contributed by atoms with Gasteiger partial charge in [-0.3, -0.25) is 11.3 Å². The lowest BCUT2D eigenvalue weighted by atomic mass is 9.95. The highest BCUT2D eigenvalue weighted by Gasteiger charge is 2.22. The van der Waals surface area contributed by atoms with Gasteiger partial charge in [-0.15, -0.1) is 6.58 Å². The zero-order valence-electron chi connectivity index (χ0n) is 9.13. The first-order valence-corrected chi connectivity index (χ1v) is 4.66. The molecular weight excluding hydrogens is 164 g/mol. The van der Waals surface area contributed by atoms with E-state index < -0.39 is 0 Å². The zero-order valence-corrected chi connectivity index (χ0v) is 9.13. The molecule has 0 fully saturated rings. The molecule has 0 aromatic carbocycles. The normalized spacial score (nSPS) is 15.8. The summed E-state index contributed by atoms with van der Waals surface area (Å²) >= 11 is 0. The van der Waals surface area contributed by atoms with Crippen molar-refractivity contribution in [2.24, 2.45) is 11.8 Å². The summed E-state index contributed by atoms with van der Waals surface area (Å²) in [5, 5.41) is 0. The molecule has 78 valence electrons. The largest absolute Gasteiger partial charge is 0.380 e. The number of methoxy groups -OCH3 is 1. The molecule has 0 spiro atoms. The Balaban J connectivity index is 4.25. The molecule has 3 nitrogen and oxygen atoms in total. The smallest absolute Gasteiger partial charge is 0.0763 e. The van der Waals surface area contributed by atoms with Crippen LogP contribution in [0.25, 0.3) is 0 Å². The Morgan fingerprint density at radius 3 is 2.31 bits per heavy atom. The number of hydrazine groups is 1. The molecule has 13 heavy (non-hydrogen) atoms. The van der Waals surface area contributed by atoms with Gasteiger partial charge in [0.2, 0.25) is 0 Å². The Morgan fingerprint density at radius 1 is 1.54 bits per heavy atom. The number of rotatable bonds is 6. The van der Waals surface area contributed by atoms with E-state index in [0.717, 1.165) is 12.0 Å². The third-order valence-electron chi connectivity index (χ3n) is 2.11. The summed E-state index contributed by atoms with van der Waals surface area (Å²) in [4.78, 5) is 0. The number of hydrogen-bond acceptors (Lipinski definition) is 3. The molecule has 2 atom stereocenters. The Labute approximate surface area is 81.3 Å². The molecule has 0 bridgehead atoms. The highest BCUT2D eigenvalue weighted by Crippen LogP contribution is 2.15. The number of nitrogens with one attached hydrogen (secondary N) is 1. The summed E-state index contributed by atoms with van der Waals surface area (Å²) in [6, 6.07) is 0.155. The van der Waals surface area contributed by atoms with Crippen molar-refractivity contribution in [3.63, 3.8) is 0 Å². The summed E-state index contributed by atoms with van der Waals surface area (Å²) in [5.74, 6) is 5.91. The lowest BCUT2D eigenvalue weighted by Crippen LogP contribution is -2.47. The van der Waals surface area contributed by atoms with Crippen LogP contribution < -0.4 is 11.3 Å². The lowest BCUT2D eigenvalue weighted by molar-refractivity contribution is 0.0332. The first-order valence-electron chi connectivity index (χ1n) is 4.66. The van der Waals surface area contributed by atoms with E-state index in [0.29, 0.717) is 5.92 Å². The number of ether oxygens (including phenoxy) is 1. The van der Waals surface area contributed by atoms with E-state index in [1.165, 1.54) is 0 Å². The maximum absolute atomic E-state index is 5.46. The second kappa shape index (κ2) is 6.13. The molecule has 0 aliphatic rings. The van der Waals surface area contributed by atoms with Crippen LogP contribution in [0, 0.1) is 5.92 Å². The number of nitrogens with two attached hydrogens (primary N) is 1. The van der Waals surface area contributed by atoms with Crippen molar-refractivity contribution >= 4 is 0 Å². The molecule has 0 saturated heterocycles. The third kappa shape index (κ3) is 4.41. The molecule has 0 amide bonds. The maximum Gasteiger partial charge on any atom is 0.0763 e. The van der Waals surface area contributed by atoms with Crippen molar-refractivity contribution in [1.29, 1.82) is 0 Å². The second-order valence-electron chi connectivity index (χ2n) is 3.88. The monoisotopic (exact) mass is 186 g/mol. The topological polar surface area (TPSA) is 47.3 Å². The third-order valence-corrected chi connectivity index (χ3v) is 2.11. The van der Waals surface area contributed by atoms with Crippen molar-refractivity contribution < 1.29 is 4.74 Å². The van der Waals surface area contributed by atoms with E-state index >= 15 is 0 Å². The minimum absolute atomic E-state index is 0.140. The summed E-state index contributed by atoms with van der Waals surface area (Å²) in [6.07, 6.45) is 0.995. The van der Waals surface area contributed by atoms with Gasteiger partial charge in [0.25, 0.3) is 0 Å². The molecule has 0 rings (SSSR count). The van der Waals surface area contributed by atoms with Gasteiger partial charge in [0.1, 0.15) is 0 Å². The molecule has 0 aliphatic heterocycles. The molecular formula is C10H22N2O. The van der Waals surface area contributed by atoms with E-state index in [2.05, 4.69) is 25.9 Å². The van der Waals surface area contributed by atoms with Crippen molar-refractivity contribution in [2.45, 2.75) is 39.3 Å². The van der Waals surface area contributed by atoms with Crippen LogP contribution in [0.15, 0.2) is 12.2 Å². The Kier molecular flexibility index (Phi) is 5.95. The van der Waals surface area contributed by atoms with E-state index in [-0.39, 0.29) is 12.1 Å². The molecule has 0 aromatic rings. The quantitative estimate of drug-likeness (QED) is 0.375. The molecule has 0 heterocycles. The summed E-state index contributed by atoms with van der Waals surface area (Å²) < 4.78 is 5.38. The van der Waals surface area contributed by atoms with Crippen LogP contribution in [0.5, 0.6) is 0 Å². The first-order chi connectivity index (χ1) is 6.02. The lowest BCUT2D eigenvalue weighted by Gasteiger charge is -2.28. The highest BCUT2D eigenvalue weighted by molar-refractivity contribution is 4.95. The van der Waals surface area contributed by atoms with Crippen molar-refractivity contribution in [2.75, 3.05) is 7.11 Å². The van der Waals surface area contributed by atoms with Crippen molar-refractivity contribution in [1.82, 2.24) is 5.43 Å². The van der Waals surface area contributed by atoms with E-state index in [1.54, 1.807) is 7.11 Å². The fraction of sp³-hybridized carbons (Fsp3) is 0.800. The van der Waals surface area contributed by atoms with Gasteiger partial charge in [0.05, 0.1) is 12.1 Å². The SMILES string of the molecule is C=C(C)CC(NN)C(OC)C(C)C. The maximum atomic E-state index is 5.46. The van der Waals surface area contributed by atoms with E-state index in [4.69, 9.17) is 10.6 Å². The van der Waals surface area contributed by atoms with Crippen LogP contribution in [-0.2, 0) is 4.74 Å². The summed E-state index contributed by atoms with van der Waals surface area (Å²) in [6.45, 7) is 10.1. The summed E-state index contributed by atoms with van der Waals surface area (Å²) in [7, 11) is 1.72. The van der Waals surface area contributed by atoms with Crippen LogP contribution in [0.1, 0.15) is 27.2 Å². The van der Waals surface area contributed by atoms with Gasteiger partial charge in [0, 0.05) is 7.11 Å². The average Bonchev–Trinajstić information content (AvgIpc) is 2.02. The zero-order chi connectivity index (χ0) is 10.4. The minimum Gasteiger partial charge on any atom is -0.380 e. The van der Waals surface area contributed by atoms with Crippen LogP contribution in [0.2, 0.25) is 0 Å². The standard InChI is InChI=1S/C10H22N2O/c1-7(2)6-9(12-11)10(13-5)8(3)4/h8-10,12H,1,6,11H2,2-5H3. The molecule has 2 unspecified atom stereocenters. The second-order valence-corrected chi connectivity index (χ2v) is 3.88. The Morgan fingerprint density at radius 2 is 2.08 bits per heavy atom. The van der Waals surface area contributed by atoms with Gasteiger partial charge < -0.3 is 4.74 Å². The highest BCUT2D eigenvalue weighted by atomic mass is 16.5. The van der Waals surface area contributed by atoms with Crippen LogP contribution in [-0.4, -0.2) is 19.3 Å². The van der Waals surface area contributed by atoms with E-state index in [1.807, 2.05) is 6.92 Å². The van der Waals surface area contributed by atoms with Crippen LogP contribution in [0.3, 0.4) is 0 Å². The Bertz CT molecular complexity index is 157. The van der Waals surface area contributed by atoms with Gasteiger partial charge in [-0.25, -0.2) is 0 Å².